The van der Waals surface area contributed by atoms with E-state index in [-0.39, 0.29) is 20.8 Å². The van der Waals surface area contributed by atoms with Crippen molar-refractivity contribution in [3.63, 3.8) is 0 Å². The zero-order valence-corrected chi connectivity index (χ0v) is 12.3. The number of carbonyl (C=O) groups excluding carboxylic acids is 1. The van der Waals surface area contributed by atoms with Crippen LogP contribution in [0, 0.1) is 0 Å². The monoisotopic (exact) mass is 363 g/mol. The van der Waals surface area contributed by atoms with Crippen molar-refractivity contribution in [3.05, 3.63) is 0 Å². The highest BCUT2D eigenvalue weighted by molar-refractivity contribution is 8.06. The summed E-state index contributed by atoms with van der Waals surface area (Å²) in [6.07, 6.45) is 0. The van der Waals surface area contributed by atoms with E-state index < -0.39 is 13.4 Å². The fourth-order valence-electron chi connectivity index (χ4n) is 0.174. The minimum absolute atomic E-state index is 0. The second-order valence-electron chi connectivity index (χ2n) is 2.19. The second-order valence-corrected chi connectivity index (χ2v) is 7.19. The highest BCUT2D eigenvalue weighted by Crippen LogP contribution is 2.26. The van der Waals surface area contributed by atoms with Crippen LogP contribution in [0.4, 0.5) is 0 Å². The Morgan fingerprint density at radius 2 is 1.26 bits per heavy atom. The predicted molar refractivity (Wildman–Crippen MR) is 81.0 cm³/mol. The van der Waals surface area contributed by atoms with Gasteiger partial charge in [0, 0.05) is 14.0 Å². The maximum atomic E-state index is 10.0. The lowest BCUT2D eigenvalue weighted by Crippen LogP contribution is -2.21. The SMILES string of the molecule is C.C.COCNC(C)=O.OP(O)(O)=S.OP(O)(O)=S. The molecule has 0 aliphatic heterocycles. The molecule has 19 heavy (non-hydrogen) atoms. The summed E-state index contributed by atoms with van der Waals surface area (Å²) in [6.45, 7) is -5.87. The third-order valence-corrected chi connectivity index (χ3v) is 0.465. The third kappa shape index (κ3) is 249. The molecule has 0 saturated carbocycles. The van der Waals surface area contributed by atoms with Crippen LogP contribution >= 0.6 is 13.4 Å². The molecule has 0 saturated heterocycles. The number of carbonyl (C=O) groups is 1. The average Bonchev–Trinajstić information content (AvgIpc) is 1.93. The van der Waals surface area contributed by atoms with E-state index in [1.165, 1.54) is 14.0 Å². The molecule has 0 aromatic rings. The Labute approximate surface area is 123 Å². The Morgan fingerprint density at radius 1 is 1.05 bits per heavy atom. The number of amides is 1. The molecule has 0 aliphatic rings. The normalized spacial score (nSPS) is 9.26. The standard InChI is InChI=1S/C4H9NO2.2CH4.2H3O3PS/c1-4(6)5-3-7-2;;;2*1-4(2,3)5/h3H2,1-2H3,(H,5,6);2*1H4;2*(H3,1,2,3,5). The van der Waals surface area contributed by atoms with Gasteiger partial charge in [0.2, 0.25) is 5.91 Å². The lowest BCUT2D eigenvalue weighted by Gasteiger charge is -1.95. The molecule has 0 unspecified atom stereocenters. The van der Waals surface area contributed by atoms with Gasteiger partial charge in [-0.05, 0) is 23.6 Å². The molecule has 0 atom stereocenters. The van der Waals surface area contributed by atoms with Crippen molar-refractivity contribution in [3.8, 4) is 0 Å². The smallest absolute Gasteiger partial charge is 0.319 e. The molecular weight excluding hydrogens is 340 g/mol. The van der Waals surface area contributed by atoms with E-state index in [0.29, 0.717) is 6.73 Å². The van der Waals surface area contributed by atoms with E-state index in [0.717, 1.165) is 0 Å². The van der Waals surface area contributed by atoms with Gasteiger partial charge >= 0.3 is 13.4 Å². The molecule has 0 radical (unpaired) electrons. The molecule has 122 valence electrons. The van der Waals surface area contributed by atoms with E-state index in [1.54, 1.807) is 0 Å². The van der Waals surface area contributed by atoms with Gasteiger partial charge in [-0.1, -0.05) is 14.9 Å². The van der Waals surface area contributed by atoms with E-state index in [4.69, 9.17) is 29.4 Å². The van der Waals surface area contributed by atoms with Crippen LogP contribution < -0.4 is 5.32 Å². The van der Waals surface area contributed by atoms with Gasteiger partial charge in [0.25, 0.3) is 0 Å². The number of ether oxygens (including phenoxy) is 1. The molecule has 0 spiro atoms. The first-order chi connectivity index (χ1) is 7.27. The zero-order chi connectivity index (χ0) is 14.7. The Morgan fingerprint density at radius 3 is 1.32 bits per heavy atom. The van der Waals surface area contributed by atoms with Gasteiger partial charge < -0.3 is 39.4 Å². The number of hydrogen-bond acceptors (Lipinski definition) is 4. The fourth-order valence-corrected chi connectivity index (χ4v) is 0.174. The first-order valence-corrected chi connectivity index (χ1v) is 8.89. The van der Waals surface area contributed by atoms with Gasteiger partial charge in [0.05, 0.1) is 0 Å². The van der Waals surface area contributed by atoms with Crippen molar-refractivity contribution in [2.24, 2.45) is 0 Å². The van der Waals surface area contributed by atoms with Crippen LogP contribution in [0.1, 0.15) is 21.8 Å². The molecule has 0 rings (SSSR count). The number of nitrogens with one attached hydrogen (secondary N) is 1. The molecule has 0 fully saturated rings. The summed E-state index contributed by atoms with van der Waals surface area (Å²) in [5, 5.41) is 2.43. The van der Waals surface area contributed by atoms with Gasteiger partial charge in [-0.2, -0.15) is 0 Å². The molecule has 0 aliphatic carbocycles. The molecule has 0 heterocycles. The molecular formula is C6H23NO8P2S2. The van der Waals surface area contributed by atoms with E-state index in [1.807, 2.05) is 0 Å². The van der Waals surface area contributed by atoms with Crippen molar-refractivity contribution >= 4 is 43.0 Å². The van der Waals surface area contributed by atoms with Crippen LogP contribution in [0.2, 0.25) is 0 Å². The second kappa shape index (κ2) is 16.5. The van der Waals surface area contributed by atoms with Gasteiger partial charge in [-0.15, -0.1) is 0 Å². The van der Waals surface area contributed by atoms with E-state index >= 15 is 0 Å². The van der Waals surface area contributed by atoms with Crippen LogP contribution in [-0.2, 0) is 33.1 Å². The molecule has 9 nitrogen and oxygen atoms in total. The van der Waals surface area contributed by atoms with Crippen molar-refractivity contribution in [1.29, 1.82) is 0 Å². The fraction of sp³-hybridized carbons (Fsp3) is 0.833. The zero-order valence-electron chi connectivity index (χ0n) is 8.92. The van der Waals surface area contributed by atoms with Crippen molar-refractivity contribution < 1.29 is 38.9 Å². The van der Waals surface area contributed by atoms with Crippen molar-refractivity contribution in [2.45, 2.75) is 21.8 Å². The topological polar surface area (TPSA) is 160 Å². The number of methoxy groups -OCH3 is 1. The van der Waals surface area contributed by atoms with Crippen molar-refractivity contribution in [2.75, 3.05) is 13.8 Å². The summed E-state index contributed by atoms with van der Waals surface area (Å²) in [6, 6.07) is 0. The Balaban J connectivity index is -0.0000000500. The molecule has 13 heteroatoms. The minimum Gasteiger partial charge on any atom is -0.364 e. The summed E-state index contributed by atoms with van der Waals surface area (Å²) in [4.78, 5) is 55.4. The Kier molecular flexibility index (Phi) is 27.6. The van der Waals surface area contributed by atoms with Gasteiger partial charge in [-0.3, -0.25) is 4.79 Å². The largest absolute Gasteiger partial charge is 0.364 e. The first-order valence-electron chi connectivity index (χ1n) is 3.57. The number of rotatable bonds is 2. The molecule has 7 N–H and O–H groups in total. The first kappa shape index (κ1) is 31.7. The average molecular weight is 363 g/mol. The predicted octanol–water partition coefficient (Wildman–Crippen LogP) is -0.626. The summed E-state index contributed by atoms with van der Waals surface area (Å²) in [5.41, 5.74) is 0. The molecule has 0 aromatic carbocycles. The summed E-state index contributed by atoms with van der Waals surface area (Å²) < 4.78 is 4.52. The Hall–Kier alpha value is 0.490. The van der Waals surface area contributed by atoms with Gasteiger partial charge in [0.1, 0.15) is 6.73 Å². The van der Waals surface area contributed by atoms with Crippen LogP contribution in [0.15, 0.2) is 0 Å². The van der Waals surface area contributed by atoms with Gasteiger partial charge in [-0.25, -0.2) is 0 Å². The van der Waals surface area contributed by atoms with Crippen LogP contribution in [0.3, 0.4) is 0 Å². The molecule has 0 bridgehead atoms. The quantitative estimate of drug-likeness (QED) is 0.249. The summed E-state index contributed by atoms with van der Waals surface area (Å²) in [5.74, 6) is -0.0677. The minimum atomic E-state index is -3.81. The van der Waals surface area contributed by atoms with Gasteiger partial charge in [0.15, 0.2) is 0 Å². The Bertz CT molecular complexity index is 254. The highest BCUT2D eigenvalue weighted by atomic mass is 32.5. The highest BCUT2D eigenvalue weighted by Gasteiger charge is 1.92. The maximum absolute atomic E-state index is 10.0. The van der Waals surface area contributed by atoms with Crippen LogP contribution in [0.25, 0.3) is 0 Å². The summed E-state index contributed by atoms with van der Waals surface area (Å²) >= 11 is 7.21. The van der Waals surface area contributed by atoms with Crippen LogP contribution in [0.5, 0.6) is 0 Å². The molecule has 1 amide bonds. The summed E-state index contributed by atoms with van der Waals surface area (Å²) in [7, 11) is 1.52. The lowest BCUT2D eigenvalue weighted by atomic mass is 10.7. The van der Waals surface area contributed by atoms with Crippen LogP contribution in [-0.4, -0.2) is 49.1 Å². The van der Waals surface area contributed by atoms with Crippen molar-refractivity contribution in [1.82, 2.24) is 5.32 Å². The molecule has 0 aromatic heterocycles. The van der Waals surface area contributed by atoms with E-state index in [2.05, 4.69) is 33.7 Å². The van der Waals surface area contributed by atoms with E-state index in [9.17, 15) is 4.79 Å². The third-order valence-electron chi connectivity index (χ3n) is 0.465. The maximum Gasteiger partial charge on any atom is 0.319 e. The number of hydrogen-bond donors (Lipinski definition) is 7. The lowest BCUT2D eigenvalue weighted by molar-refractivity contribution is -0.120.